The van der Waals surface area contributed by atoms with Gasteiger partial charge in [-0.05, 0) is 29.8 Å². The molecule has 0 radical (unpaired) electrons. The monoisotopic (exact) mass is 308 g/mol. The van der Waals surface area contributed by atoms with Gasteiger partial charge >= 0.3 is 0 Å². The van der Waals surface area contributed by atoms with Crippen molar-refractivity contribution >= 4 is 17.5 Å². The summed E-state index contributed by atoms with van der Waals surface area (Å²) in [6.07, 6.45) is 1.47. The molecule has 1 amide bonds. The zero-order valence-corrected chi connectivity index (χ0v) is 12.4. The van der Waals surface area contributed by atoms with Crippen molar-refractivity contribution in [1.82, 2.24) is 9.88 Å². The van der Waals surface area contributed by atoms with Gasteiger partial charge in [0, 0.05) is 25.4 Å². The van der Waals surface area contributed by atoms with E-state index in [2.05, 4.69) is 4.98 Å². The predicted octanol–water partition coefficient (Wildman–Crippen LogP) is 3.15. The molecule has 0 spiro atoms. The molecule has 0 aliphatic heterocycles. The first-order valence-corrected chi connectivity index (χ1v) is 6.58. The fourth-order valence-corrected chi connectivity index (χ4v) is 2.08. The van der Waals surface area contributed by atoms with Crippen molar-refractivity contribution in [2.75, 3.05) is 14.2 Å². The van der Waals surface area contributed by atoms with Crippen molar-refractivity contribution < 1.29 is 13.9 Å². The quantitative estimate of drug-likeness (QED) is 0.815. The first kappa shape index (κ1) is 15.3. The number of hydrogen-bond donors (Lipinski definition) is 0. The molecule has 0 aliphatic rings. The van der Waals surface area contributed by atoms with E-state index >= 15 is 0 Å². The molecular formula is C15H14ClFN2O2. The zero-order valence-electron chi connectivity index (χ0n) is 11.6. The standard InChI is InChI=1S/C15H14ClFN2O2/c1-19(15(20)11-5-6-18-14(16)8-11)9-10-3-4-13(21-2)12(17)7-10/h3-8H,9H2,1-2H3. The van der Waals surface area contributed by atoms with Gasteiger partial charge in [0.05, 0.1) is 7.11 Å². The van der Waals surface area contributed by atoms with Crippen LogP contribution < -0.4 is 4.74 Å². The molecule has 0 bridgehead atoms. The summed E-state index contributed by atoms with van der Waals surface area (Å²) in [5.41, 5.74) is 1.11. The van der Waals surface area contributed by atoms with Gasteiger partial charge in [0.2, 0.25) is 0 Å². The third-order valence-electron chi connectivity index (χ3n) is 2.96. The molecule has 4 nitrogen and oxygen atoms in total. The minimum absolute atomic E-state index is 0.175. The molecule has 21 heavy (non-hydrogen) atoms. The van der Waals surface area contributed by atoms with E-state index in [0.29, 0.717) is 11.1 Å². The summed E-state index contributed by atoms with van der Waals surface area (Å²) in [6.45, 7) is 0.277. The van der Waals surface area contributed by atoms with Crippen LogP contribution in [0.25, 0.3) is 0 Å². The van der Waals surface area contributed by atoms with Gasteiger partial charge in [-0.15, -0.1) is 0 Å². The first-order valence-electron chi connectivity index (χ1n) is 6.20. The number of hydrogen-bond acceptors (Lipinski definition) is 3. The Morgan fingerprint density at radius 3 is 2.76 bits per heavy atom. The number of carbonyl (C=O) groups excluding carboxylic acids is 1. The number of pyridine rings is 1. The molecule has 0 saturated heterocycles. The van der Waals surface area contributed by atoms with E-state index in [-0.39, 0.29) is 23.4 Å². The van der Waals surface area contributed by atoms with Crippen molar-refractivity contribution in [2.45, 2.75) is 6.54 Å². The zero-order chi connectivity index (χ0) is 15.4. The highest BCUT2D eigenvalue weighted by atomic mass is 35.5. The van der Waals surface area contributed by atoms with Crippen LogP contribution in [0.2, 0.25) is 5.15 Å². The fourth-order valence-electron chi connectivity index (χ4n) is 1.91. The van der Waals surface area contributed by atoms with E-state index < -0.39 is 5.82 Å². The minimum Gasteiger partial charge on any atom is -0.494 e. The molecule has 1 aromatic carbocycles. The highest BCUT2D eigenvalue weighted by Crippen LogP contribution is 2.19. The van der Waals surface area contributed by atoms with E-state index in [0.717, 1.165) is 0 Å². The third kappa shape index (κ3) is 3.70. The van der Waals surface area contributed by atoms with Crippen LogP contribution in [0.4, 0.5) is 4.39 Å². The van der Waals surface area contributed by atoms with Crippen molar-refractivity contribution in [3.8, 4) is 5.75 Å². The topological polar surface area (TPSA) is 42.4 Å². The number of carbonyl (C=O) groups is 1. The van der Waals surface area contributed by atoms with Crippen LogP contribution in [0.5, 0.6) is 5.75 Å². The number of nitrogens with zero attached hydrogens (tertiary/aromatic N) is 2. The lowest BCUT2D eigenvalue weighted by molar-refractivity contribution is 0.0785. The SMILES string of the molecule is COc1ccc(CN(C)C(=O)c2ccnc(Cl)c2)cc1F. The molecule has 110 valence electrons. The molecular weight excluding hydrogens is 295 g/mol. The van der Waals surface area contributed by atoms with Crippen LogP contribution in [0.15, 0.2) is 36.5 Å². The lowest BCUT2D eigenvalue weighted by atomic mass is 10.1. The van der Waals surface area contributed by atoms with Gasteiger partial charge in [-0.25, -0.2) is 9.37 Å². The number of halogens is 2. The summed E-state index contributed by atoms with van der Waals surface area (Å²) in [5.74, 6) is -0.494. The second-order valence-electron chi connectivity index (χ2n) is 4.50. The third-order valence-corrected chi connectivity index (χ3v) is 3.16. The molecule has 2 aromatic rings. The molecule has 0 unspecified atom stereocenters. The largest absolute Gasteiger partial charge is 0.494 e. The van der Waals surface area contributed by atoms with Crippen LogP contribution in [-0.2, 0) is 6.54 Å². The summed E-state index contributed by atoms with van der Waals surface area (Å²) >= 11 is 5.76. The van der Waals surface area contributed by atoms with Crippen LogP contribution in [0, 0.1) is 5.82 Å². The van der Waals surface area contributed by atoms with Crippen LogP contribution in [0.3, 0.4) is 0 Å². The highest BCUT2D eigenvalue weighted by molar-refractivity contribution is 6.29. The second-order valence-corrected chi connectivity index (χ2v) is 4.88. The smallest absolute Gasteiger partial charge is 0.254 e. The maximum absolute atomic E-state index is 13.6. The number of aromatic nitrogens is 1. The Morgan fingerprint density at radius 2 is 2.14 bits per heavy atom. The van der Waals surface area contributed by atoms with E-state index in [4.69, 9.17) is 16.3 Å². The summed E-state index contributed by atoms with van der Waals surface area (Å²) in [5, 5.41) is 0.254. The molecule has 1 aromatic heterocycles. The molecule has 0 aliphatic carbocycles. The number of amides is 1. The van der Waals surface area contributed by atoms with Crippen LogP contribution >= 0.6 is 11.6 Å². The summed E-state index contributed by atoms with van der Waals surface area (Å²) < 4.78 is 18.5. The maximum atomic E-state index is 13.6. The predicted molar refractivity (Wildman–Crippen MR) is 78.0 cm³/mol. The molecule has 0 N–H and O–H groups in total. The number of rotatable bonds is 4. The average Bonchev–Trinajstić information content (AvgIpc) is 2.46. The van der Waals surface area contributed by atoms with Gasteiger partial charge < -0.3 is 9.64 Å². The molecule has 2 rings (SSSR count). The Balaban J connectivity index is 2.12. The maximum Gasteiger partial charge on any atom is 0.254 e. The Morgan fingerprint density at radius 1 is 1.38 bits per heavy atom. The number of benzene rings is 1. The van der Waals surface area contributed by atoms with Gasteiger partial charge in [0.25, 0.3) is 5.91 Å². The van der Waals surface area contributed by atoms with E-state index in [1.165, 1.54) is 36.4 Å². The van der Waals surface area contributed by atoms with E-state index in [1.54, 1.807) is 19.2 Å². The fraction of sp³-hybridized carbons (Fsp3) is 0.200. The normalized spacial score (nSPS) is 10.3. The number of methoxy groups -OCH3 is 1. The average molecular weight is 309 g/mol. The first-order chi connectivity index (χ1) is 10.0. The van der Waals surface area contributed by atoms with Gasteiger partial charge in [-0.3, -0.25) is 4.79 Å². The van der Waals surface area contributed by atoms with Gasteiger partial charge in [0.1, 0.15) is 5.15 Å². The van der Waals surface area contributed by atoms with Crippen molar-refractivity contribution in [3.63, 3.8) is 0 Å². The van der Waals surface area contributed by atoms with E-state index in [1.807, 2.05) is 0 Å². The van der Waals surface area contributed by atoms with Gasteiger partial charge in [0.15, 0.2) is 11.6 Å². The highest BCUT2D eigenvalue weighted by Gasteiger charge is 2.13. The Bertz CT molecular complexity index is 664. The Kier molecular flexibility index (Phi) is 4.75. The molecule has 0 atom stereocenters. The number of ether oxygens (including phenoxy) is 1. The van der Waals surface area contributed by atoms with Crippen molar-refractivity contribution in [3.05, 3.63) is 58.6 Å². The van der Waals surface area contributed by atoms with E-state index in [9.17, 15) is 9.18 Å². The summed E-state index contributed by atoms with van der Waals surface area (Å²) in [4.78, 5) is 17.5. The van der Waals surface area contributed by atoms with Crippen molar-refractivity contribution in [1.29, 1.82) is 0 Å². The summed E-state index contributed by atoms with van der Waals surface area (Å²) in [6, 6.07) is 7.67. The lowest BCUT2D eigenvalue weighted by Crippen LogP contribution is -2.26. The Hall–Kier alpha value is -2.14. The molecule has 6 heteroatoms. The molecule has 1 heterocycles. The second kappa shape index (κ2) is 6.54. The Labute approximate surface area is 127 Å². The van der Waals surface area contributed by atoms with Gasteiger partial charge in [-0.2, -0.15) is 0 Å². The minimum atomic E-state index is -0.456. The van der Waals surface area contributed by atoms with Crippen LogP contribution in [-0.4, -0.2) is 29.9 Å². The van der Waals surface area contributed by atoms with Crippen molar-refractivity contribution in [2.24, 2.45) is 0 Å². The summed E-state index contributed by atoms with van der Waals surface area (Å²) in [7, 11) is 3.04. The molecule has 0 saturated carbocycles. The van der Waals surface area contributed by atoms with Crippen LogP contribution in [0.1, 0.15) is 15.9 Å². The molecule has 0 fully saturated rings. The van der Waals surface area contributed by atoms with Gasteiger partial charge in [-0.1, -0.05) is 17.7 Å². The lowest BCUT2D eigenvalue weighted by Gasteiger charge is -2.17.